The highest BCUT2D eigenvalue weighted by molar-refractivity contribution is 7.09. The lowest BCUT2D eigenvalue weighted by atomic mass is 10.3. The molecular formula is C14H18ClN3OS. The van der Waals surface area contributed by atoms with E-state index >= 15 is 0 Å². The van der Waals surface area contributed by atoms with Crippen LogP contribution in [0, 0.1) is 13.8 Å². The molecule has 2 rings (SSSR count). The molecule has 0 aliphatic rings. The third-order valence-electron chi connectivity index (χ3n) is 3.16. The second kappa shape index (κ2) is 6.41. The molecule has 20 heavy (non-hydrogen) atoms. The van der Waals surface area contributed by atoms with E-state index in [-0.39, 0.29) is 4.87 Å². The molecule has 0 spiro atoms. The summed E-state index contributed by atoms with van der Waals surface area (Å²) in [6.07, 6.45) is 1.03. The number of halogens is 1. The number of hydrogen-bond acceptors (Lipinski definition) is 4. The van der Waals surface area contributed by atoms with Crippen LogP contribution < -0.4 is 10.2 Å². The van der Waals surface area contributed by atoms with Gasteiger partial charge in [0, 0.05) is 17.1 Å². The van der Waals surface area contributed by atoms with Crippen molar-refractivity contribution in [3.63, 3.8) is 0 Å². The Labute approximate surface area is 127 Å². The van der Waals surface area contributed by atoms with Crippen molar-refractivity contribution in [2.75, 3.05) is 11.9 Å². The van der Waals surface area contributed by atoms with Crippen molar-refractivity contribution in [3.05, 3.63) is 43.1 Å². The third-order valence-corrected chi connectivity index (χ3v) is 4.50. The maximum Gasteiger partial charge on any atom is 0.307 e. The molecule has 0 fully saturated rings. The molecule has 0 radical (unpaired) electrons. The maximum atomic E-state index is 11.9. The topological polar surface area (TPSA) is 46.9 Å². The average molecular weight is 312 g/mol. The summed E-state index contributed by atoms with van der Waals surface area (Å²) in [4.78, 5) is 17.5. The number of nitrogens with zero attached hydrogens (tertiary/aromatic N) is 2. The Kier molecular flexibility index (Phi) is 4.83. The molecule has 6 heteroatoms. The van der Waals surface area contributed by atoms with Gasteiger partial charge in [-0.25, -0.2) is 4.98 Å². The molecule has 0 aliphatic heterocycles. The van der Waals surface area contributed by atoms with Crippen LogP contribution in [0.15, 0.2) is 16.9 Å². The monoisotopic (exact) mass is 311 g/mol. The molecule has 1 N–H and O–H groups in total. The zero-order valence-electron chi connectivity index (χ0n) is 11.9. The molecule has 0 atom stereocenters. The third kappa shape index (κ3) is 3.22. The van der Waals surface area contributed by atoms with Gasteiger partial charge in [-0.15, -0.1) is 0 Å². The Balaban J connectivity index is 2.30. The Bertz CT molecular complexity index is 663. The number of thiazole rings is 1. The lowest BCUT2D eigenvalue weighted by Gasteiger charge is -2.10. The van der Waals surface area contributed by atoms with Gasteiger partial charge in [0.05, 0.1) is 17.3 Å². The molecule has 2 aromatic heterocycles. The molecule has 4 nitrogen and oxygen atoms in total. The number of aryl methyl sites for hydroxylation is 1. The summed E-state index contributed by atoms with van der Waals surface area (Å²) in [7, 11) is 0. The van der Waals surface area contributed by atoms with E-state index in [0.717, 1.165) is 35.0 Å². The lowest BCUT2D eigenvalue weighted by molar-refractivity contribution is 0.733. The molecule has 0 amide bonds. The fourth-order valence-electron chi connectivity index (χ4n) is 1.87. The van der Waals surface area contributed by atoms with E-state index in [9.17, 15) is 4.79 Å². The summed E-state index contributed by atoms with van der Waals surface area (Å²) < 4.78 is 1.72. The highest BCUT2D eigenvalue weighted by atomic mass is 35.5. The first-order valence-corrected chi connectivity index (χ1v) is 7.78. The van der Waals surface area contributed by atoms with Crippen LogP contribution in [0.1, 0.15) is 29.6 Å². The Morgan fingerprint density at radius 2 is 2.15 bits per heavy atom. The number of pyridine rings is 1. The Morgan fingerprint density at radius 3 is 2.75 bits per heavy atom. The fraction of sp³-hybridized carbons (Fsp3) is 0.429. The predicted molar refractivity (Wildman–Crippen MR) is 85.2 cm³/mol. The summed E-state index contributed by atoms with van der Waals surface area (Å²) in [5, 5.41) is 3.81. The van der Waals surface area contributed by atoms with Crippen LogP contribution in [0.2, 0.25) is 5.02 Å². The van der Waals surface area contributed by atoms with Crippen LogP contribution in [-0.2, 0) is 6.54 Å². The molecule has 0 saturated heterocycles. The van der Waals surface area contributed by atoms with E-state index in [1.54, 1.807) is 4.57 Å². The summed E-state index contributed by atoms with van der Waals surface area (Å²) in [6, 6.07) is 3.68. The van der Waals surface area contributed by atoms with E-state index in [0.29, 0.717) is 11.6 Å². The smallest absolute Gasteiger partial charge is 0.307 e. The summed E-state index contributed by atoms with van der Waals surface area (Å²) in [6.45, 7) is 7.27. The van der Waals surface area contributed by atoms with Crippen LogP contribution in [-0.4, -0.2) is 16.1 Å². The van der Waals surface area contributed by atoms with Gasteiger partial charge in [-0.3, -0.25) is 9.36 Å². The molecule has 0 unspecified atom stereocenters. The number of rotatable bonds is 5. The van der Waals surface area contributed by atoms with Gasteiger partial charge in [-0.2, -0.15) is 0 Å². The van der Waals surface area contributed by atoms with Gasteiger partial charge < -0.3 is 5.32 Å². The van der Waals surface area contributed by atoms with Crippen molar-refractivity contribution in [1.82, 2.24) is 9.55 Å². The summed E-state index contributed by atoms with van der Waals surface area (Å²) >= 11 is 7.45. The van der Waals surface area contributed by atoms with Crippen molar-refractivity contribution >= 4 is 28.8 Å². The number of nitrogens with one attached hydrogen (secondary N) is 1. The van der Waals surface area contributed by atoms with Gasteiger partial charge in [-0.1, -0.05) is 29.9 Å². The number of aromatic nitrogens is 2. The van der Waals surface area contributed by atoms with E-state index in [1.807, 2.05) is 26.0 Å². The lowest BCUT2D eigenvalue weighted by Crippen LogP contribution is -2.17. The normalized spacial score (nSPS) is 10.8. The highest BCUT2D eigenvalue weighted by Gasteiger charge is 2.11. The maximum absolute atomic E-state index is 11.9. The van der Waals surface area contributed by atoms with Gasteiger partial charge in [0.2, 0.25) is 0 Å². The molecule has 0 aliphatic carbocycles. The van der Waals surface area contributed by atoms with Crippen LogP contribution in [0.5, 0.6) is 0 Å². The first-order chi connectivity index (χ1) is 9.52. The number of anilines is 1. The minimum absolute atomic E-state index is 0.0322. The summed E-state index contributed by atoms with van der Waals surface area (Å²) in [5.74, 6) is 0.795. The molecule has 108 valence electrons. The molecule has 0 aromatic carbocycles. The SMILES string of the molecule is CCCNc1ccc(Cl)c(Cn2c(C)c(C)sc2=O)n1. The second-order valence-electron chi connectivity index (χ2n) is 4.65. The van der Waals surface area contributed by atoms with Crippen molar-refractivity contribution in [1.29, 1.82) is 0 Å². The predicted octanol–water partition coefficient (Wildman–Crippen LogP) is 3.45. The first kappa shape index (κ1) is 15.1. The van der Waals surface area contributed by atoms with Crippen molar-refractivity contribution in [3.8, 4) is 0 Å². The van der Waals surface area contributed by atoms with Crippen molar-refractivity contribution < 1.29 is 0 Å². The van der Waals surface area contributed by atoms with Gasteiger partial charge in [0.15, 0.2) is 0 Å². The quantitative estimate of drug-likeness (QED) is 0.920. The molecule has 0 bridgehead atoms. The first-order valence-electron chi connectivity index (χ1n) is 6.59. The van der Waals surface area contributed by atoms with Gasteiger partial charge in [0.1, 0.15) is 5.82 Å². The van der Waals surface area contributed by atoms with Crippen LogP contribution in [0.25, 0.3) is 0 Å². The zero-order valence-corrected chi connectivity index (χ0v) is 13.4. The fourth-order valence-corrected chi connectivity index (χ4v) is 2.86. The van der Waals surface area contributed by atoms with E-state index in [1.165, 1.54) is 11.3 Å². The minimum Gasteiger partial charge on any atom is -0.370 e. The summed E-state index contributed by atoms with van der Waals surface area (Å²) in [5.41, 5.74) is 1.69. The van der Waals surface area contributed by atoms with Crippen LogP contribution in [0.3, 0.4) is 0 Å². The molecule has 0 saturated carbocycles. The molecule has 2 aromatic rings. The van der Waals surface area contributed by atoms with Gasteiger partial charge in [-0.05, 0) is 32.4 Å². The molecule has 2 heterocycles. The highest BCUT2D eigenvalue weighted by Crippen LogP contribution is 2.19. The zero-order chi connectivity index (χ0) is 14.7. The largest absolute Gasteiger partial charge is 0.370 e. The molecular weight excluding hydrogens is 294 g/mol. The Morgan fingerprint density at radius 1 is 1.40 bits per heavy atom. The van der Waals surface area contributed by atoms with Gasteiger partial charge in [0.25, 0.3) is 0 Å². The minimum atomic E-state index is 0.0322. The van der Waals surface area contributed by atoms with Crippen molar-refractivity contribution in [2.45, 2.75) is 33.7 Å². The van der Waals surface area contributed by atoms with Crippen molar-refractivity contribution in [2.24, 2.45) is 0 Å². The number of hydrogen-bond donors (Lipinski definition) is 1. The van der Waals surface area contributed by atoms with Gasteiger partial charge >= 0.3 is 4.87 Å². The van der Waals surface area contributed by atoms with Crippen LogP contribution in [0.4, 0.5) is 5.82 Å². The van der Waals surface area contributed by atoms with E-state index in [4.69, 9.17) is 11.6 Å². The second-order valence-corrected chi connectivity index (χ2v) is 6.22. The van der Waals surface area contributed by atoms with Crippen LogP contribution >= 0.6 is 22.9 Å². The van der Waals surface area contributed by atoms with E-state index < -0.39 is 0 Å². The Hall–Kier alpha value is -1.33. The average Bonchev–Trinajstić information content (AvgIpc) is 2.66. The standard InChI is InChI=1S/C14H18ClN3OS/c1-4-7-16-13-6-5-11(15)12(17-13)8-18-9(2)10(3)20-14(18)19/h5-6H,4,7-8H2,1-3H3,(H,16,17). The van der Waals surface area contributed by atoms with E-state index in [2.05, 4.69) is 17.2 Å².